The molecule has 0 saturated heterocycles. The molecule has 4 heteroatoms. The second kappa shape index (κ2) is 23.1. The Hall–Kier alpha value is -1.06. The molecule has 0 radical (unpaired) electrons. The fourth-order valence-corrected chi connectivity index (χ4v) is 4.03. The Morgan fingerprint density at radius 2 is 1.03 bits per heavy atom. The Morgan fingerprint density at radius 3 is 1.47 bits per heavy atom. The van der Waals surface area contributed by atoms with Crippen LogP contribution >= 0.6 is 0 Å². The van der Waals surface area contributed by atoms with Crippen molar-refractivity contribution >= 4 is 11.9 Å². The summed E-state index contributed by atoms with van der Waals surface area (Å²) in [6.07, 6.45) is 21.8. The maximum absolute atomic E-state index is 11.8. The van der Waals surface area contributed by atoms with Gasteiger partial charge in [0.1, 0.15) is 6.10 Å². The lowest BCUT2D eigenvalue weighted by Crippen LogP contribution is -2.22. The van der Waals surface area contributed by atoms with Crippen molar-refractivity contribution in [1.29, 1.82) is 0 Å². The Bertz CT molecular complexity index is 433. The van der Waals surface area contributed by atoms with Crippen LogP contribution in [-0.4, -0.2) is 24.6 Å². The smallest absolute Gasteiger partial charge is 0.306 e. The van der Waals surface area contributed by atoms with E-state index in [1.807, 2.05) is 6.92 Å². The van der Waals surface area contributed by atoms with Crippen LogP contribution < -0.4 is 0 Å². The summed E-state index contributed by atoms with van der Waals surface area (Å²) in [5.41, 5.74) is 0. The minimum atomic E-state index is -0.208. The lowest BCUT2D eigenvalue weighted by Gasteiger charge is -2.19. The summed E-state index contributed by atoms with van der Waals surface area (Å²) in [4.78, 5) is 23.6. The van der Waals surface area contributed by atoms with Gasteiger partial charge in [0, 0.05) is 12.8 Å². The van der Waals surface area contributed by atoms with Crippen LogP contribution in [0.2, 0.25) is 0 Å². The lowest BCUT2D eigenvalue weighted by molar-refractivity contribution is -0.151. The fraction of sp³-hybridized carbons (Fsp3) is 0.929. The van der Waals surface area contributed by atoms with Gasteiger partial charge in [-0.15, -0.1) is 0 Å². The van der Waals surface area contributed by atoms with E-state index >= 15 is 0 Å². The average molecular weight is 455 g/mol. The van der Waals surface area contributed by atoms with Crippen LogP contribution in [0.4, 0.5) is 0 Å². The monoisotopic (exact) mass is 454 g/mol. The topological polar surface area (TPSA) is 52.6 Å². The quantitative estimate of drug-likeness (QED) is 0.115. The molecule has 0 aliphatic heterocycles. The molecule has 0 amide bonds. The average Bonchev–Trinajstić information content (AvgIpc) is 2.77. The first-order valence-electron chi connectivity index (χ1n) is 13.9. The van der Waals surface area contributed by atoms with E-state index < -0.39 is 0 Å². The van der Waals surface area contributed by atoms with E-state index in [-0.39, 0.29) is 24.5 Å². The molecule has 0 aromatic rings. The molecule has 0 heterocycles. The van der Waals surface area contributed by atoms with Gasteiger partial charge in [-0.3, -0.25) is 9.59 Å². The third-order valence-corrected chi connectivity index (χ3v) is 6.20. The molecule has 0 rings (SSSR count). The molecular formula is C28H54O4. The molecule has 0 bridgehead atoms. The van der Waals surface area contributed by atoms with E-state index in [1.54, 1.807) is 0 Å². The molecule has 0 aromatic carbocycles. The second-order valence-corrected chi connectivity index (χ2v) is 9.70. The van der Waals surface area contributed by atoms with Crippen molar-refractivity contribution in [2.75, 3.05) is 6.61 Å². The van der Waals surface area contributed by atoms with Crippen molar-refractivity contribution in [3.8, 4) is 0 Å². The van der Waals surface area contributed by atoms with Gasteiger partial charge < -0.3 is 9.47 Å². The van der Waals surface area contributed by atoms with Crippen LogP contribution in [0.5, 0.6) is 0 Å². The maximum Gasteiger partial charge on any atom is 0.306 e. The van der Waals surface area contributed by atoms with Crippen molar-refractivity contribution in [1.82, 2.24) is 0 Å². The Morgan fingerprint density at radius 1 is 0.594 bits per heavy atom. The van der Waals surface area contributed by atoms with Crippen molar-refractivity contribution in [3.05, 3.63) is 0 Å². The summed E-state index contributed by atoms with van der Waals surface area (Å²) in [5, 5.41) is 0. The van der Waals surface area contributed by atoms with Crippen LogP contribution in [0, 0.1) is 5.92 Å². The summed E-state index contributed by atoms with van der Waals surface area (Å²) in [5.74, 6) is -0.0800. The summed E-state index contributed by atoms with van der Waals surface area (Å²) in [7, 11) is 0. The highest BCUT2D eigenvalue weighted by Crippen LogP contribution is 2.14. The molecule has 32 heavy (non-hydrogen) atoms. The number of carbonyl (C=O) groups is 2. The van der Waals surface area contributed by atoms with E-state index in [4.69, 9.17) is 9.47 Å². The lowest BCUT2D eigenvalue weighted by atomic mass is 10.0. The fourth-order valence-electron chi connectivity index (χ4n) is 4.03. The van der Waals surface area contributed by atoms with Gasteiger partial charge in [0.05, 0.1) is 6.61 Å². The van der Waals surface area contributed by atoms with Crippen LogP contribution in [0.1, 0.15) is 150 Å². The Kier molecular flexibility index (Phi) is 22.3. The van der Waals surface area contributed by atoms with Gasteiger partial charge in [0.15, 0.2) is 0 Å². The predicted octanol–water partition coefficient (Wildman–Crippen LogP) is 8.55. The van der Waals surface area contributed by atoms with E-state index in [0.29, 0.717) is 25.4 Å². The molecule has 0 fully saturated rings. The molecular weight excluding hydrogens is 400 g/mol. The van der Waals surface area contributed by atoms with Crippen LogP contribution in [-0.2, 0) is 19.1 Å². The van der Waals surface area contributed by atoms with Crippen molar-refractivity contribution in [2.24, 2.45) is 5.92 Å². The van der Waals surface area contributed by atoms with E-state index in [9.17, 15) is 9.59 Å². The highest BCUT2D eigenvalue weighted by Gasteiger charge is 2.16. The number of hydrogen-bond donors (Lipinski definition) is 0. The molecule has 0 spiro atoms. The third kappa shape index (κ3) is 20.8. The standard InChI is InChI=1S/C28H54O4/c1-5-7-8-9-10-11-12-13-14-15-16-17-18-19-20-24-31-27(29)22-21-23-28(30)32-26(6-2)25(3)4/h25-26H,5-24H2,1-4H3. The zero-order valence-electron chi connectivity index (χ0n) is 21.9. The molecule has 0 aromatic heterocycles. The first-order valence-corrected chi connectivity index (χ1v) is 13.9. The van der Waals surface area contributed by atoms with Crippen molar-refractivity contribution < 1.29 is 19.1 Å². The van der Waals surface area contributed by atoms with E-state index in [0.717, 1.165) is 19.3 Å². The molecule has 0 N–H and O–H groups in total. The zero-order valence-corrected chi connectivity index (χ0v) is 21.9. The molecule has 1 unspecified atom stereocenters. The molecule has 4 nitrogen and oxygen atoms in total. The predicted molar refractivity (Wildman–Crippen MR) is 135 cm³/mol. The largest absolute Gasteiger partial charge is 0.466 e. The van der Waals surface area contributed by atoms with Gasteiger partial charge in [-0.2, -0.15) is 0 Å². The van der Waals surface area contributed by atoms with Gasteiger partial charge in [0.25, 0.3) is 0 Å². The molecule has 0 aliphatic carbocycles. The number of ether oxygens (including phenoxy) is 2. The number of carbonyl (C=O) groups excluding carboxylic acids is 2. The molecule has 190 valence electrons. The second-order valence-electron chi connectivity index (χ2n) is 9.70. The first-order chi connectivity index (χ1) is 15.5. The van der Waals surface area contributed by atoms with Gasteiger partial charge in [-0.1, -0.05) is 118 Å². The minimum absolute atomic E-state index is 0.0282. The number of hydrogen-bond acceptors (Lipinski definition) is 4. The first kappa shape index (κ1) is 30.9. The highest BCUT2D eigenvalue weighted by molar-refractivity contribution is 5.72. The van der Waals surface area contributed by atoms with Gasteiger partial charge in [-0.05, 0) is 25.2 Å². The third-order valence-electron chi connectivity index (χ3n) is 6.20. The molecule has 0 aliphatic rings. The number of unbranched alkanes of at least 4 members (excludes halogenated alkanes) is 14. The highest BCUT2D eigenvalue weighted by atomic mass is 16.5. The summed E-state index contributed by atoms with van der Waals surface area (Å²) in [6.45, 7) is 8.91. The summed E-state index contributed by atoms with van der Waals surface area (Å²) in [6, 6.07) is 0. The van der Waals surface area contributed by atoms with E-state index in [2.05, 4.69) is 20.8 Å². The van der Waals surface area contributed by atoms with Gasteiger partial charge >= 0.3 is 11.9 Å². The SMILES string of the molecule is CCCCCCCCCCCCCCCCCOC(=O)CCCC(=O)OC(CC)C(C)C. The van der Waals surface area contributed by atoms with Gasteiger partial charge in [0.2, 0.25) is 0 Å². The summed E-state index contributed by atoms with van der Waals surface area (Å²) >= 11 is 0. The molecule has 0 saturated carbocycles. The molecule has 1 atom stereocenters. The van der Waals surface area contributed by atoms with Crippen LogP contribution in [0.3, 0.4) is 0 Å². The maximum atomic E-state index is 11.8. The zero-order chi connectivity index (χ0) is 23.9. The number of rotatable bonds is 23. The van der Waals surface area contributed by atoms with Crippen molar-refractivity contribution in [2.45, 2.75) is 156 Å². The van der Waals surface area contributed by atoms with Gasteiger partial charge in [-0.25, -0.2) is 0 Å². The van der Waals surface area contributed by atoms with E-state index in [1.165, 1.54) is 83.5 Å². The number of esters is 2. The van der Waals surface area contributed by atoms with Crippen molar-refractivity contribution in [3.63, 3.8) is 0 Å². The Labute approximate surface area is 199 Å². The Balaban J connectivity index is 3.35. The normalized spacial score (nSPS) is 12.2. The van der Waals surface area contributed by atoms with Crippen LogP contribution in [0.15, 0.2) is 0 Å². The van der Waals surface area contributed by atoms with Crippen LogP contribution in [0.25, 0.3) is 0 Å². The minimum Gasteiger partial charge on any atom is -0.466 e. The summed E-state index contributed by atoms with van der Waals surface area (Å²) < 4.78 is 10.7.